The molecule has 0 spiro atoms. The van der Waals surface area contributed by atoms with Gasteiger partial charge in [-0.15, -0.1) is 0 Å². The van der Waals surface area contributed by atoms with Gasteiger partial charge in [0, 0.05) is 19.2 Å². The van der Waals surface area contributed by atoms with Crippen molar-refractivity contribution in [2.45, 2.75) is 32.4 Å². The van der Waals surface area contributed by atoms with Crippen LogP contribution in [0.1, 0.15) is 31.5 Å². The van der Waals surface area contributed by atoms with Gasteiger partial charge in [-0.2, -0.15) is 5.10 Å². The standard InChI is InChI=1S/C9H16N4O/c1-2-5-13-8(3-4-12-13)7(10)6-9(11)14/h3-4,7H,2,5-6,10H2,1H3,(H2,11,14). The predicted octanol–water partition coefficient (Wildman–Crippen LogP) is 0.168. The zero-order valence-corrected chi connectivity index (χ0v) is 8.31. The Balaban J connectivity index is 2.72. The summed E-state index contributed by atoms with van der Waals surface area (Å²) in [5.41, 5.74) is 11.8. The van der Waals surface area contributed by atoms with E-state index in [9.17, 15) is 4.79 Å². The minimum atomic E-state index is -0.387. The average Bonchev–Trinajstić information content (AvgIpc) is 2.51. The minimum Gasteiger partial charge on any atom is -0.370 e. The molecule has 0 fully saturated rings. The van der Waals surface area contributed by atoms with E-state index < -0.39 is 0 Å². The van der Waals surface area contributed by atoms with Crippen LogP contribution in [0.15, 0.2) is 12.3 Å². The Kier molecular flexibility index (Phi) is 3.64. The lowest BCUT2D eigenvalue weighted by Gasteiger charge is -2.11. The number of aryl methyl sites for hydroxylation is 1. The molecule has 4 N–H and O–H groups in total. The number of aromatic nitrogens is 2. The zero-order chi connectivity index (χ0) is 10.6. The van der Waals surface area contributed by atoms with E-state index in [2.05, 4.69) is 12.0 Å². The second-order valence-electron chi connectivity index (χ2n) is 3.26. The molecule has 1 unspecified atom stereocenters. The van der Waals surface area contributed by atoms with Gasteiger partial charge in [0.2, 0.25) is 5.91 Å². The molecule has 5 nitrogen and oxygen atoms in total. The summed E-state index contributed by atoms with van der Waals surface area (Å²) in [5, 5.41) is 4.12. The van der Waals surface area contributed by atoms with Gasteiger partial charge in [-0.1, -0.05) is 6.92 Å². The van der Waals surface area contributed by atoms with Crippen molar-refractivity contribution in [2.75, 3.05) is 0 Å². The number of nitrogens with zero attached hydrogens (tertiary/aromatic N) is 2. The van der Waals surface area contributed by atoms with Crippen LogP contribution in [0.3, 0.4) is 0 Å². The maximum absolute atomic E-state index is 10.7. The first-order valence-corrected chi connectivity index (χ1v) is 4.70. The van der Waals surface area contributed by atoms with Gasteiger partial charge in [-0.25, -0.2) is 0 Å². The third kappa shape index (κ3) is 2.56. The molecule has 0 aliphatic heterocycles. The highest BCUT2D eigenvalue weighted by Gasteiger charge is 2.13. The minimum absolute atomic E-state index is 0.162. The molecule has 0 saturated heterocycles. The number of nitrogens with two attached hydrogens (primary N) is 2. The van der Waals surface area contributed by atoms with Crippen LogP contribution >= 0.6 is 0 Å². The quantitative estimate of drug-likeness (QED) is 0.703. The fourth-order valence-electron chi connectivity index (χ4n) is 1.38. The van der Waals surface area contributed by atoms with E-state index >= 15 is 0 Å². The highest BCUT2D eigenvalue weighted by Crippen LogP contribution is 2.13. The van der Waals surface area contributed by atoms with Gasteiger partial charge in [0.25, 0.3) is 0 Å². The molecule has 1 atom stereocenters. The first-order valence-electron chi connectivity index (χ1n) is 4.70. The monoisotopic (exact) mass is 196 g/mol. The Bertz CT molecular complexity index is 308. The number of hydrogen-bond acceptors (Lipinski definition) is 3. The van der Waals surface area contributed by atoms with Crippen LogP contribution in [-0.4, -0.2) is 15.7 Å². The molecule has 14 heavy (non-hydrogen) atoms. The van der Waals surface area contributed by atoms with Gasteiger partial charge in [-0.05, 0) is 12.5 Å². The number of hydrogen-bond donors (Lipinski definition) is 2. The fraction of sp³-hybridized carbons (Fsp3) is 0.556. The molecular weight excluding hydrogens is 180 g/mol. The van der Waals surface area contributed by atoms with Crippen LogP contribution < -0.4 is 11.5 Å². The third-order valence-electron chi connectivity index (χ3n) is 1.99. The summed E-state index contributed by atoms with van der Waals surface area (Å²) in [6, 6.07) is 1.48. The first kappa shape index (κ1) is 10.7. The van der Waals surface area contributed by atoms with Gasteiger partial charge < -0.3 is 11.5 Å². The van der Waals surface area contributed by atoms with Crippen LogP contribution in [0.5, 0.6) is 0 Å². The normalized spacial score (nSPS) is 12.7. The van der Waals surface area contributed by atoms with Gasteiger partial charge in [0.05, 0.1) is 11.7 Å². The van der Waals surface area contributed by atoms with Crippen molar-refractivity contribution in [2.24, 2.45) is 11.5 Å². The second-order valence-corrected chi connectivity index (χ2v) is 3.26. The van der Waals surface area contributed by atoms with E-state index in [-0.39, 0.29) is 18.4 Å². The number of carbonyl (C=O) groups is 1. The summed E-state index contributed by atoms with van der Waals surface area (Å²) >= 11 is 0. The molecule has 0 saturated carbocycles. The number of amides is 1. The lowest BCUT2D eigenvalue weighted by Crippen LogP contribution is -2.23. The van der Waals surface area contributed by atoms with Crippen molar-refractivity contribution in [1.29, 1.82) is 0 Å². The highest BCUT2D eigenvalue weighted by atomic mass is 16.1. The van der Waals surface area contributed by atoms with Gasteiger partial charge in [0.1, 0.15) is 0 Å². The van der Waals surface area contributed by atoms with E-state index in [1.54, 1.807) is 6.20 Å². The maximum atomic E-state index is 10.7. The van der Waals surface area contributed by atoms with Crippen LogP contribution in [0, 0.1) is 0 Å². The zero-order valence-electron chi connectivity index (χ0n) is 8.31. The molecule has 1 aromatic heterocycles. The molecule has 78 valence electrons. The summed E-state index contributed by atoms with van der Waals surface area (Å²) in [6.07, 6.45) is 2.83. The van der Waals surface area contributed by atoms with Gasteiger partial charge >= 0.3 is 0 Å². The van der Waals surface area contributed by atoms with E-state index in [0.717, 1.165) is 18.7 Å². The average molecular weight is 196 g/mol. The molecule has 1 aromatic rings. The lowest BCUT2D eigenvalue weighted by molar-refractivity contribution is -0.118. The highest BCUT2D eigenvalue weighted by molar-refractivity contribution is 5.74. The predicted molar refractivity (Wildman–Crippen MR) is 53.3 cm³/mol. The summed E-state index contributed by atoms with van der Waals surface area (Å²) in [7, 11) is 0. The SMILES string of the molecule is CCCn1nccc1C(N)CC(N)=O. The van der Waals surface area contributed by atoms with Crippen molar-refractivity contribution in [3.8, 4) is 0 Å². The van der Waals surface area contributed by atoms with Crippen molar-refractivity contribution in [1.82, 2.24) is 9.78 Å². The topological polar surface area (TPSA) is 86.9 Å². The van der Waals surface area contributed by atoms with Crippen molar-refractivity contribution < 1.29 is 4.79 Å². The summed E-state index contributed by atoms with van der Waals surface area (Å²) < 4.78 is 1.81. The summed E-state index contributed by atoms with van der Waals surface area (Å²) in [4.78, 5) is 10.7. The lowest BCUT2D eigenvalue weighted by atomic mass is 10.1. The Morgan fingerprint density at radius 2 is 2.43 bits per heavy atom. The molecule has 1 amide bonds. The molecule has 1 rings (SSSR count). The Hall–Kier alpha value is -1.36. The molecule has 0 aromatic carbocycles. The third-order valence-corrected chi connectivity index (χ3v) is 1.99. The molecule has 0 aliphatic rings. The Morgan fingerprint density at radius 3 is 3.00 bits per heavy atom. The van der Waals surface area contributed by atoms with Gasteiger partial charge in [0.15, 0.2) is 0 Å². The Labute approximate surface area is 83.1 Å². The molecule has 0 bridgehead atoms. The van der Waals surface area contributed by atoms with Gasteiger partial charge in [-0.3, -0.25) is 9.48 Å². The molecule has 1 heterocycles. The van der Waals surface area contributed by atoms with E-state index in [4.69, 9.17) is 11.5 Å². The molecule has 0 radical (unpaired) electrons. The van der Waals surface area contributed by atoms with Crippen LogP contribution in [0.2, 0.25) is 0 Å². The van der Waals surface area contributed by atoms with Crippen LogP contribution in [-0.2, 0) is 11.3 Å². The molecule has 0 aliphatic carbocycles. The van der Waals surface area contributed by atoms with E-state index in [0.29, 0.717) is 0 Å². The Morgan fingerprint density at radius 1 is 1.71 bits per heavy atom. The largest absolute Gasteiger partial charge is 0.370 e. The van der Waals surface area contributed by atoms with Crippen molar-refractivity contribution in [3.63, 3.8) is 0 Å². The summed E-state index contributed by atoms with van der Waals surface area (Å²) in [5.74, 6) is -0.387. The van der Waals surface area contributed by atoms with Crippen molar-refractivity contribution >= 4 is 5.91 Å². The molecule has 5 heteroatoms. The maximum Gasteiger partial charge on any atom is 0.219 e. The smallest absolute Gasteiger partial charge is 0.219 e. The fourth-order valence-corrected chi connectivity index (χ4v) is 1.38. The second kappa shape index (κ2) is 4.76. The number of carbonyl (C=O) groups excluding carboxylic acids is 1. The molecular formula is C9H16N4O. The van der Waals surface area contributed by atoms with Crippen LogP contribution in [0.4, 0.5) is 0 Å². The first-order chi connectivity index (χ1) is 6.65. The number of rotatable bonds is 5. The van der Waals surface area contributed by atoms with E-state index in [1.807, 2.05) is 10.7 Å². The van der Waals surface area contributed by atoms with E-state index in [1.165, 1.54) is 0 Å². The van der Waals surface area contributed by atoms with Crippen LogP contribution in [0.25, 0.3) is 0 Å². The number of primary amides is 1. The summed E-state index contributed by atoms with van der Waals surface area (Å²) in [6.45, 7) is 2.87. The van der Waals surface area contributed by atoms with Crippen molar-refractivity contribution in [3.05, 3.63) is 18.0 Å².